The first-order valence-corrected chi connectivity index (χ1v) is 6.85. The van der Waals surface area contributed by atoms with Gasteiger partial charge in [0.1, 0.15) is 5.82 Å². The van der Waals surface area contributed by atoms with Gasteiger partial charge in [-0.25, -0.2) is 4.39 Å². The summed E-state index contributed by atoms with van der Waals surface area (Å²) in [5, 5.41) is 3.30. The third-order valence-electron chi connectivity index (χ3n) is 2.83. The first-order valence-electron chi connectivity index (χ1n) is 6.47. The van der Waals surface area contributed by atoms with Gasteiger partial charge in [0.05, 0.1) is 11.1 Å². The van der Waals surface area contributed by atoms with Gasteiger partial charge in [-0.2, -0.15) is 0 Å². The minimum absolute atomic E-state index is 0.0841. The first-order chi connectivity index (χ1) is 9.13. The molecule has 0 saturated heterocycles. The third kappa shape index (κ3) is 4.73. The molecule has 0 aromatic heterocycles. The molecule has 0 aliphatic carbocycles. The molecule has 0 spiro atoms. The highest BCUT2D eigenvalue weighted by Crippen LogP contribution is 2.22. The Morgan fingerprint density at radius 1 is 1.26 bits per heavy atom. The van der Waals surface area contributed by atoms with Crippen LogP contribution in [0.15, 0.2) is 18.2 Å². The maximum Gasteiger partial charge on any atom is 0.172 e. The zero-order chi connectivity index (χ0) is 14.3. The second kappa shape index (κ2) is 8.48. The number of benzene rings is 1. The quantitative estimate of drug-likeness (QED) is 0.746. The Hall–Kier alpha value is -0.680. The van der Waals surface area contributed by atoms with Crippen molar-refractivity contribution in [3.8, 4) is 0 Å². The zero-order valence-electron chi connectivity index (χ0n) is 11.6. The second-order valence-corrected chi connectivity index (χ2v) is 4.47. The van der Waals surface area contributed by atoms with Crippen LogP contribution in [0, 0.1) is 5.82 Å². The largest absolute Gasteiger partial charge is 0.351 e. The molecule has 0 aliphatic rings. The van der Waals surface area contributed by atoms with Crippen LogP contribution in [0.4, 0.5) is 4.39 Å². The van der Waals surface area contributed by atoms with Gasteiger partial charge in [-0.15, -0.1) is 0 Å². The molecule has 0 amide bonds. The molecule has 108 valence electrons. The second-order valence-electron chi connectivity index (χ2n) is 4.09. The predicted octanol–water partition coefficient (Wildman–Crippen LogP) is 3.01. The van der Waals surface area contributed by atoms with Crippen LogP contribution in [0.25, 0.3) is 0 Å². The minimum atomic E-state index is -0.404. The molecular weight excluding hydrogens is 269 g/mol. The van der Waals surface area contributed by atoms with E-state index in [4.69, 9.17) is 21.1 Å². The summed E-state index contributed by atoms with van der Waals surface area (Å²) in [7, 11) is 1.82. The summed E-state index contributed by atoms with van der Waals surface area (Å²) in [6.45, 7) is 4.93. The summed E-state index contributed by atoms with van der Waals surface area (Å²) in [5.41, 5.74) is 0.741. The Balaban J connectivity index is 2.82. The van der Waals surface area contributed by atoms with Crippen LogP contribution >= 0.6 is 11.6 Å². The molecular formula is C14H21ClFNO2. The predicted molar refractivity (Wildman–Crippen MR) is 75.0 cm³/mol. The molecule has 0 bridgehead atoms. The maximum absolute atomic E-state index is 13.4. The molecule has 1 rings (SSSR count). The monoisotopic (exact) mass is 289 g/mol. The standard InChI is InChI=1S/C14H21ClFNO2/c1-4-18-14(19-5-2)12(17-3)9-10-7-6-8-11(16)13(10)15/h6-8,12,14,17H,4-5,9H2,1-3H3. The molecule has 0 saturated carbocycles. The highest BCUT2D eigenvalue weighted by atomic mass is 35.5. The van der Waals surface area contributed by atoms with Crippen LogP contribution in [0.3, 0.4) is 0 Å². The lowest BCUT2D eigenvalue weighted by Crippen LogP contribution is -2.43. The summed E-state index contributed by atoms with van der Waals surface area (Å²) in [4.78, 5) is 0. The fourth-order valence-corrected chi connectivity index (χ4v) is 2.09. The van der Waals surface area contributed by atoms with Gasteiger partial charge < -0.3 is 14.8 Å². The molecule has 5 heteroatoms. The van der Waals surface area contributed by atoms with Crippen LogP contribution in [-0.2, 0) is 15.9 Å². The summed E-state index contributed by atoms with van der Waals surface area (Å²) < 4.78 is 24.5. The van der Waals surface area contributed by atoms with E-state index < -0.39 is 5.82 Å². The van der Waals surface area contributed by atoms with Gasteiger partial charge in [-0.3, -0.25) is 0 Å². The Bertz CT molecular complexity index is 384. The fraction of sp³-hybridized carbons (Fsp3) is 0.571. The number of nitrogens with one attached hydrogen (secondary N) is 1. The van der Waals surface area contributed by atoms with Crippen molar-refractivity contribution in [3.63, 3.8) is 0 Å². The van der Waals surface area contributed by atoms with E-state index >= 15 is 0 Å². The molecule has 1 unspecified atom stereocenters. The molecule has 0 aliphatic heterocycles. The number of rotatable bonds is 8. The van der Waals surface area contributed by atoms with Crippen molar-refractivity contribution in [1.29, 1.82) is 0 Å². The average Bonchev–Trinajstić information content (AvgIpc) is 2.40. The highest BCUT2D eigenvalue weighted by Gasteiger charge is 2.22. The summed E-state index contributed by atoms with van der Waals surface area (Å²) >= 11 is 5.97. The molecule has 1 N–H and O–H groups in total. The molecule has 3 nitrogen and oxygen atoms in total. The van der Waals surface area contributed by atoms with E-state index in [0.29, 0.717) is 19.6 Å². The molecule has 1 aromatic rings. The van der Waals surface area contributed by atoms with Crippen molar-refractivity contribution in [1.82, 2.24) is 5.32 Å². The zero-order valence-corrected chi connectivity index (χ0v) is 12.3. The number of halogens is 2. The average molecular weight is 290 g/mol. The SMILES string of the molecule is CCOC(OCC)C(Cc1cccc(F)c1Cl)NC. The van der Waals surface area contributed by atoms with E-state index in [2.05, 4.69) is 5.32 Å². The van der Waals surface area contributed by atoms with Crippen molar-refractivity contribution >= 4 is 11.6 Å². The van der Waals surface area contributed by atoms with Crippen molar-refractivity contribution in [2.45, 2.75) is 32.6 Å². The van der Waals surface area contributed by atoms with Gasteiger partial charge >= 0.3 is 0 Å². The van der Waals surface area contributed by atoms with E-state index in [-0.39, 0.29) is 17.4 Å². The molecule has 1 atom stereocenters. The molecule has 0 heterocycles. The maximum atomic E-state index is 13.4. The summed E-state index contributed by atoms with van der Waals surface area (Å²) in [6, 6.07) is 4.73. The van der Waals surface area contributed by atoms with E-state index in [9.17, 15) is 4.39 Å². The van der Waals surface area contributed by atoms with Crippen molar-refractivity contribution < 1.29 is 13.9 Å². The summed E-state index contributed by atoms with van der Waals surface area (Å²) in [5.74, 6) is -0.404. The minimum Gasteiger partial charge on any atom is -0.351 e. The molecule has 0 radical (unpaired) electrons. The Morgan fingerprint density at radius 3 is 2.42 bits per heavy atom. The number of likely N-dealkylation sites (N-methyl/N-ethyl adjacent to an activating group) is 1. The molecule has 0 fully saturated rings. The van der Waals surface area contributed by atoms with Crippen molar-refractivity contribution in [3.05, 3.63) is 34.6 Å². The van der Waals surface area contributed by atoms with E-state index in [1.807, 2.05) is 27.0 Å². The Morgan fingerprint density at radius 2 is 1.89 bits per heavy atom. The number of ether oxygens (including phenoxy) is 2. The molecule has 19 heavy (non-hydrogen) atoms. The van der Waals surface area contributed by atoms with Crippen LogP contribution in [0.5, 0.6) is 0 Å². The first kappa shape index (κ1) is 16.4. The smallest absolute Gasteiger partial charge is 0.172 e. The number of hydrogen-bond acceptors (Lipinski definition) is 3. The number of hydrogen-bond donors (Lipinski definition) is 1. The van der Waals surface area contributed by atoms with Crippen LogP contribution in [0.2, 0.25) is 5.02 Å². The topological polar surface area (TPSA) is 30.5 Å². The lowest BCUT2D eigenvalue weighted by atomic mass is 10.1. The lowest BCUT2D eigenvalue weighted by molar-refractivity contribution is -0.152. The summed E-state index contributed by atoms with van der Waals surface area (Å²) in [6.07, 6.45) is 0.164. The lowest BCUT2D eigenvalue weighted by Gasteiger charge is -2.26. The van der Waals surface area contributed by atoms with Gasteiger partial charge in [-0.1, -0.05) is 23.7 Å². The van der Waals surface area contributed by atoms with Gasteiger partial charge in [0.25, 0.3) is 0 Å². The third-order valence-corrected chi connectivity index (χ3v) is 3.26. The fourth-order valence-electron chi connectivity index (χ4n) is 1.89. The normalized spacial score (nSPS) is 12.9. The van der Waals surface area contributed by atoms with E-state index in [1.54, 1.807) is 6.07 Å². The van der Waals surface area contributed by atoms with E-state index in [1.165, 1.54) is 6.07 Å². The van der Waals surface area contributed by atoms with Gasteiger partial charge in [0.15, 0.2) is 6.29 Å². The van der Waals surface area contributed by atoms with Crippen molar-refractivity contribution in [2.24, 2.45) is 0 Å². The van der Waals surface area contributed by atoms with Crippen molar-refractivity contribution in [2.75, 3.05) is 20.3 Å². The van der Waals surface area contributed by atoms with Gasteiger partial charge in [0.2, 0.25) is 0 Å². The van der Waals surface area contributed by atoms with Crippen LogP contribution in [0.1, 0.15) is 19.4 Å². The highest BCUT2D eigenvalue weighted by molar-refractivity contribution is 6.31. The van der Waals surface area contributed by atoms with Crippen LogP contribution in [-0.4, -0.2) is 32.6 Å². The van der Waals surface area contributed by atoms with E-state index in [0.717, 1.165) is 5.56 Å². The Kier molecular flexibility index (Phi) is 7.31. The Labute approximate surface area is 119 Å². The van der Waals surface area contributed by atoms with Gasteiger partial charge in [-0.05, 0) is 38.9 Å². The van der Waals surface area contributed by atoms with Gasteiger partial charge in [0, 0.05) is 13.2 Å². The molecule has 1 aromatic carbocycles. The van der Waals surface area contributed by atoms with Crippen LogP contribution < -0.4 is 5.32 Å².